The van der Waals surface area contributed by atoms with E-state index in [1.807, 2.05) is 19.2 Å². The molecule has 1 heterocycles. The molecule has 0 saturated carbocycles. The monoisotopic (exact) mass is 149 g/mol. The fourth-order valence-corrected chi connectivity index (χ4v) is 0.785. The Morgan fingerprint density at radius 2 is 2.27 bits per heavy atom. The molecule has 0 saturated heterocycles. The molecule has 0 aliphatic rings. The van der Waals surface area contributed by atoms with E-state index in [9.17, 15) is 0 Å². The van der Waals surface area contributed by atoms with E-state index in [1.165, 1.54) is 0 Å². The molecular formula is C9H13N2. The molecule has 0 bridgehead atoms. The molecule has 0 fully saturated rings. The molecular weight excluding hydrogens is 136 g/mol. The average Bonchev–Trinajstić information content (AvgIpc) is 2.05. The van der Waals surface area contributed by atoms with Crippen LogP contribution in [-0.2, 0) is 0 Å². The Hall–Kier alpha value is -1.05. The van der Waals surface area contributed by atoms with Gasteiger partial charge in [-0.3, -0.25) is 0 Å². The zero-order valence-corrected chi connectivity index (χ0v) is 7.20. The first-order valence-electron chi connectivity index (χ1n) is 3.76. The fourth-order valence-electron chi connectivity index (χ4n) is 0.785. The summed E-state index contributed by atoms with van der Waals surface area (Å²) in [6.07, 6.45) is 1.69. The van der Waals surface area contributed by atoms with Crippen molar-refractivity contribution in [2.45, 2.75) is 19.9 Å². The molecule has 11 heavy (non-hydrogen) atoms. The molecule has 1 radical (unpaired) electrons. The zero-order chi connectivity index (χ0) is 8.27. The Bertz CT molecular complexity index is 206. The summed E-state index contributed by atoms with van der Waals surface area (Å²) >= 11 is 0. The second kappa shape index (κ2) is 3.37. The van der Waals surface area contributed by atoms with Gasteiger partial charge in [0.25, 0.3) is 0 Å². The highest BCUT2D eigenvalue weighted by molar-refractivity contribution is 5.36. The fraction of sp³-hybridized carbons (Fsp3) is 0.444. The van der Waals surface area contributed by atoms with Gasteiger partial charge in [0, 0.05) is 25.4 Å². The predicted octanol–water partition coefficient (Wildman–Crippen LogP) is 1.73. The third kappa shape index (κ3) is 1.93. The first kappa shape index (κ1) is 8.05. The number of aromatic nitrogens is 1. The summed E-state index contributed by atoms with van der Waals surface area (Å²) in [7, 11) is 2.03. The smallest absolute Gasteiger partial charge is 0.128 e. The maximum Gasteiger partial charge on any atom is 0.128 e. The molecule has 59 valence electrons. The van der Waals surface area contributed by atoms with Gasteiger partial charge >= 0.3 is 0 Å². The van der Waals surface area contributed by atoms with Crippen LogP contribution in [0.15, 0.2) is 18.3 Å². The first-order valence-corrected chi connectivity index (χ1v) is 3.76. The molecule has 0 atom stereocenters. The summed E-state index contributed by atoms with van der Waals surface area (Å²) in [5, 5.41) is 0. The average molecular weight is 149 g/mol. The van der Waals surface area contributed by atoms with Gasteiger partial charge in [-0.1, -0.05) is 0 Å². The first-order chi connectivity index (χ1) is 5.22. The van der Waals surface area contributed by atoms with Crippen LogP contribution >= 0.6 is 0 Å². The number of hydrogen-bond donors (Lipinski definition) is 0. The van der Waals surface area contributed by atoms with Crippen molar-refractivity contribution >= 4 is 5.82 Å². The lowest BCUT2D eigenvalue weighted by Gasteiger charge is -2.21. The number of hydrogen-bond acceptors (Lipinski definition) is 2. The van der Waals surface area contributed by atoms with Crippen LogP contribution in [0.25, 0.3) is 0 Å². The van der Waals surface area contributed by atoms with Crippen LogP contribution < -0.4 is 4.90 Å². The summed E-state index contributed by atoms with van der Waals surface area (Å²) in [6.45, 7) is 4.27. The second-order valence-corrected chi connectivity index (χ2v) is 2.82. The van der Waals surface area contributed by atoms with Gasteiger partial charge in [0.05, 0.1) is 0 Å². The second-order valence-electron chi connectivity index (χ2n) is 2.82. The molecule has 0 aliphatic heterocycles. The maximum atomic E-state index is 4.17. The lowest BCUT2D eigenvalue weighted by atomic mass is 10.3. The zero-order valence-electron chi connectivity index (χ0n) is 7.20. The summed E-state index contributed by atoms with van der Waals surface area (Å²) in [5.74, 6) is 0.999. The van der Waals surface area contributed by atoms with Crippen LogP contribution in [0, 0.1) is 6.07 Å². The summed E-state index contributed by atoms with van der Waals surface area (Å²) < 4.78 is 0. The van der Waals surface area contributed by atoms with Gasteiger partial charge in [-0.05, 0) is 26.0 Å². The van der Waals surface area contributed by atoms with Gasteiger partial charge in [-0.2, -0.15) is 0 Å². The summed E-state index contributed by atoms with van der Waals surface area (Å²) in [5.41, 5.74) is 0. The topological polar surface area (TPSA) is 16.1 Å². The summed E-state index contributed by atoms with van der Waals surface area (Å²) in [4.78, 5) is 6.29. The number of anilines is 1. The van der Waals surface area contributed by atoms with Crippen molar-refractivity contribution in [3.05, 3.63) is 24.4 Å². The van der Waals surface area contributed by atoms with Crippen molar-refractivity contribution in [1.82, 2.24) is 4.98 Å². The van der Waals surface area contributed by atoms with Crippen molar-refractivity contribution in [3.63, 3.8) is 0 Å². The third-order valence-corrected chi connectivity index (χ3v) is 1.74. The molecule has 0 N–H and O–H groups in total. The molecule has 1 rings (SSSR count). The van der Waals surface area contributed by atoms with Crippen molar-refractivity contribution in [3.8, 4) is 0 Å². The lowest BCUT2D eigenvalue weighted by Crippen LogP contribution is -2.26. The van der Waals surface area contributed by atoms with E-state index in [0.29, 0.717) is 6.04 Å². The molecule has 0 aliphatic carbocycles. The highest BCUT2D eigenvalue weighted by Gasteiger charge is 2.03. The van der Waals surface area contributed by atoms with Crippen molar-refractivity contribution in [1.29, 1.82) is 0 Å². The van der Waals surface area contributed by atoms with Crippen LogP contribution in [0.1, 0.15) is 13.8 Å². The van der Waals surface area contributed by atoms with Gasteiger partial charge in [-0.25, -0.2) is 4.98 Å². The van der Waals surface area contributed by atoms with Crippen LogP contribution in [0.4, 0.5) is 5.82 Å². The largest absolute Gasteiger partial charge is 0.357 e. The SMILES string of the molecule is CC(C)N(C)c1cc[c]cn1. The van der Waals surface area contributed by atoms with Crippen molar-refractivity contribution in [2.75, 3.05) is 11.9 Å². The Morgan fingerprint density at radius 1 is 1.55 bits per heavy atom. The highest BCUT2D eigenvalue weighted by Crippen LogP contribution is 2.08. The lowest BCUT2D eigenvalue weighted by molar-refractivity contribution is 0.743. The van der Waals surface area contributed by atoms with Crippen molar-refractivity contribution < 1.29 is 0 Å². The Labute approximate surface area is 67.9 Å². The maximum absolute atomic E-state index is 4.17. The Balaban J connectivity index is 2.77. The highest BCUT2D eigenvalue weighted by atomic mass is 15.2. The molecule has 1 aromatic rings. The van der Waals surface area contributed by atoms with Gasteiger partial charge in [-0.15, -0.1) is 0 Å². The van der Waals surface area contributed by atoms with Crippen LogP contribution in [-0.4, -0.2) is 18.1 Å². The number of rotatable bonds is 2. The normalized spacial score (nSPS) is 10.2. The van der Waals surface area contributed by atoms with Gasteiger partial charge in [0.1, 0.15) is 5.82 Å². The molecule has 0 unspecified atom stereocenters. The Kier molecular flexibility index (Phi) is 2.47. The molecule has 2 nitrogen and oxygen atoms in total. The minimum Gasteiger partial charge on any atom is -0.357 e. The number of nitrogens with zero attached hydrogens (tertiary/aromatic N) is 2. The Morgan fingerprint density at radius 3 is 2.73 bits per heavy atom. The molecule has 1 aromatic heterocycles. The molecule has 0 spiro atoms. The van der Waals surface area contributed by atoms with E-state index in [0.717, 1.165) is 5.82 Å². The van der Waals surface area contributed by atoms with E-state index in [4.69, 9.17) is 0 Å². The van der Waals surface area contributed by atoms with E-state index >= 15 is 0 Å². The third-order valence-electron chi connectivity index (χ3n) is 1.74. The van der Waals surface area contributed by atoms with Crippen molar-refractivity contribution in [2.24, 2.45) is 0 Å². The van der Waals surface area contributed by atoms with Crippen LogP contribution in [0.2, 0.25) is 0 Å². The quantitative estimate of drug-likeness (QED) is 0.636. The van der Waals surface area contributed by atoms with E-state index in [1.54, 1.807) is 6.20 Å². The van der Waals surface area contributed by atoms with Crippen LogP contribution in [0.5, 0.6) is 0 Å². The molecule has 0 amide bonds. The number of pyridine rings is 1. The van der Waals surface area contributed by atoms with Gasteiger partial charge in [0.15, 0.2) is 0 Å². The summed E-state index contributed by atoms with van der Waals surface area (Å²) in [6, 6.07) is 7.21. The minimum atomic E-state index is 0.491. The van der Waals surface area contributed by atoms with E-state index in [2.05, 4.69) is 29.8 Å². The molecule has 0 aromatic carbocycles. The molecule has 2 heteroatoms. The van der Waals surface area contributed by atoms with Crippen LogP contribution in [0.3, 0.4) is 0 Å². The van der Waals surface area contributed by atoms with Gasteiger partial charge in [0.2, 0.25) is 0 Å². The minimum absolute atomic E-state index is 0.491. The van der Waals surface area contributed by atoms with E-state index < -0.39 is 0 Å². The van der Waals surface area contributed by atoms with E-state index in [-0.39, 0.29) is 0 Å². The standard InChI is InChI=1S/C9H13N2/c1-8(2)11(3)9-6-4-5-7-10-9/h4,6-8H,1-3H3. The van der Waals surface area contributed by atoms with Gasteiger partial charge < -0.3 is 4.90 Å². The predicted molar refractivity (Wildman–Crippen MR) is 46.6 cm³/mol.